The van der Waals surface area contributed by atoms with Gasteiger partial charge >= 0.3 is 6.03 Å². The van der Waals surface area contributed by atoms with Crippen molar-refractivity contribution in [3.05, 3.63) is 28.3 Å². The molecule has 2 N–H and O–H groups in total. The number of carbonyl (C=O) groups excluding carboxylic acids is 1. The van der Waals surface area contributed by atoms with Crippen molar-refractivity contribution >= 4 is 23.3 Å². The first-order valence-electron chi connectivity index (χ1n) is 7.87. The number of carbonyl (C=O) groups is 1. The predicted octanol–water partition coefficient (Wildman–Crippen LogP) is 4.09. The summed E-state index contributed by atoms with van der Waals surface area (Å²) >= 11 is 6.26. The summed E-state index contributed by atoms with van der Waals surface area (Å²) in [4.78, 5) is 14.2. The molecular formula is C17H27ClN2O2. The summed E-state index contributed by atoms with van der Waals surface area (Å²) in [5.41, 5.74) is 2.82. The van der Waals surface area contributed by atoms with Crippen LogP contribution in [0.4, 0.5) is 10.5 Å². The number of aliphatic hydroxyl groups excluding tert-OH is 1. The van der Waals surface area contributed by atoms with Crippen molar-refractivity contribution in [2.45, 2.75) is 59.6 Å². The van der Waals surface area contributed by atoms with Gasteiger partial charge in [-0.1, -0.05) is 31.5 Å². The fourth-order valence-electron chi connectivity index (χ4n) is 2.46. The summed E-state index contributed by atoms with van der Waals surface area (Å²) in [6.07, 6.45) is 1.00. The molecule has 4 nitrogen and oxygen atoms in total. The van der Waals surface area contributed by atoms with E-state index < -0.39 is 6.10 Å². The molecule has 1 unspecified atom stereocenters. The van der Waals surface area contributed by atoms with Crippen molar-refractivity contribution in [3.63, 3.8) is 0 Å². The summed E-state index contributed by atoms with van der Waals surface area (Å²) in [7, 11) is 0. The predicted molar refractivity (Wildman–Crippen MR) is 92.7 cm³/mol. The van der Waals surface area contributed by atoms with E-state index in [1.54, 1.807) is 11.8 Å². The Morgan fingerprint density at radius 1 is 1.27 bits per heavy atom. The molecule has 0 saturated carbocycles. The molecule has 0 fully saturated rings. The van der Waals surface area contributed by atoms with Gasteiger partial charge in [0.15, 0.2) is 0 Å². The zero-order valence-electron chi connectivity index (χ0n) is 14.1. The van der Waals surface area contributed by atoms with E-state index >= 15 is 0 Å². The molecule has 1 aromatic carbocycles. The number of hydrogen-bond donors (Lipinski definition) is 2. The Bertz CT molecular complexity index is 516. The van der Waals surface area contributed by atoms with Gasteiger partial charge in [-0.3, -0.25) is 0 Å². The summed E-state index contributed by atoms with van der Waals surface area (Å²) in [5, 5.41) is 13.3. The Morgan fingerprint density at radius 3 is 2.36 bits per heavy atom. The molecule has 1 rings (SSSR count). The SMILES string of the molecule is CCc1ccc(Cl)c(CC)c1NC(=O)N(CC(C)O)C(C)C. The minimum Gasteiger partial charge on any atom is -0.392 e. The van der Waals surface area contributed by atoms with E-state index in [0.29, 0.717) is 11.6 Å². The number of anilines is 1. The van der Waals surface area contributed by atoms with Crippen LogP contribution in [-0.2, 0) is 12.8 Å². The zero-order chi connectivity index (χ0) is 16.9. The molecule has 0 aromatic heterocycles. The number of benzene rings is 1. The van der Waals surface area contributed by atoms with Crippen molar-refractivity contribution in [3.8, 4) is 0 Å². The van der Waals surface area contributed by atoms with Gasteiger partial charge in [-0.25, -0.2) is 4.79 Å². The van der Waals surface area contributed by atoms with Gasteiger partial charge in [0.1, 0.15) is 0 Å². The summed E-state index contributed by atoms with van der Waals surface area (Å²) in [5.74, 6) is 0. The van der Waals surface area contributed by atoms with E-state index in [2.05, 4.69) is 5.32 Å². The van der Waals surface area contributed by atoms with Crippen LogP contribution in [0.2, 0.25) is 5.02 Å². The van der Waals surface area contributed by atoms with Crippen LogP contribution < -0.4 is 5.32 Å². The quantitative estimate of drug-likeness (QED) is 0.827. The number of nitrogens with one attached hydrogen (secondary N) is 1. The van der Waals surface area contributed by atoms with Crippen molar-refractivity contribution in [1.29, 1.82) is 0 Å². The molecule has 0 bridgehead atoms. The van der Waals surface area contributed by atoms with Gasteiger partial charge in [-0.05, 0) is 50.8 Å². The van der Waals surface area contributed by atoms with E-state index in [4.69, 9.17) is 11.6 Å². The van der Waals surface area contributed by atoms with E-state index in [1.165, 1.54) is 0 Å². The molecule has 22 heavy (non-hydrogen) atoms. The van der Waals surface area contributed by atoms with Crippen LogP contribution in [0, 0.1) is 0 Å². The standard InChI is InChI=1S/C17H27ClN2O2/c1-6-13-8-9-15(18)14(7-2)16(13)19-17(22)20(11(3)4)10-12(5)21/h8-9,11-12,21H,6-7,10H2,1-5H3,(H,19,22). The average molecular weight is 327 g/mol. The lowest BCUT2D eigenvalue weighted by molar-refractivity contribution is 0.125. The van der Waals surface area contributed by atoms with Crippen molar-refractivity contribution in [2.75, 3.05) is 11.9 Å². The first-order valence-corrected chi connectivity index (χ1v) is 8.25. The fraction of sp³-hybridized carbons (Fsp3) is 0.588. The van der Waals surface area contributed by atoms with E-state index in [-0.39, 0.29) is 12.1 Å². The van der Waals surface area contributed by atoms with E-state index in [0.717, 1.165) is 29.7 Å². The summed E-state index contributed by atoms with van der Waals surface area (Å²) < 4.78 is 0. The number of hydrogen-bond acceptors (Lipinski definition) is 2. The number of nitrogens with zero attached hydrogens (tertiary/aromatic N) is 1. The third-order valence-corrected chi connectivity index (χ3v) is 4.01. The Kier molecular flexibility index (Phi) is 7.17. The Hall–Kier alpha value is -1.26. The van der Waals surface area contributed by atoms with Gasteiger partial charge in [0.2, 0.25) is 0 Å². The number of rotatable bonds is 6. The number of urea groups is 1. The molecule has 124 valence electrons. The van der Waals surface area contributed by atoms with E-state index in [1.807, 2.05) is 39.8 Å². The molecular weight excluding hydrogens is 300 g/mol. The first kappa shape index (κ1) is 18.8. The van der Waals surface area contributed by atoms with Crippen LogP contribution >= 0.6 is 11.6 Å². The van der Waals surface area contributed by atoms with Gasteiger partial charge < -0.3 is 15.3 Å². The number of halogens is 1. The second kappa shape index (κ2) is 8.39. The molecule has 0 heterocycles. The van der Waals surface area contributed by atoms with Gasteiger partial charge in [0.05, 0.1) is 11.8 Å². The third kappa shape index (κ3) is 4.62. The third-order valence-electron chi connectivity index (χ3n) is 3.65. The molecule has 0 aliphatic rings. The largest absolute Gasteiger partial charge is 0.392 e. The first-order chi connectivity index (χ1) is 10.3. The summed E-state index contributed by atoms with van der Waals surface area (Å²) in [6.45, 7) is 9.91. The maximum atomic E-state index is 12.6. The molecule has 1 aromatic rings. The van der Waals surface area contributed by atoms with Crippen LogP contribution in [0.1, 0.15) is 45.7 Å². The molecule has 0 aliphatic carbocycles. The lowest BCUT2D eigenvalue weighted by Crippen LogP contribution is -2.44. The van der Waals surface area contributed by atoms with Crippen molar-refractivity contribution in [2.24, 2.45) is 0 Å². The Labute approximate surface area is 138 Å². The minimum atomic E-state index is -0.566. The van der Waals surface area contributed by atoms with Gasteiger partial charge in [-0.2, -0.15) is 0 Å². The highest BCUT2D eigenvalue weighted by atomic mass is 35.5. The van der Waals surface area contributed by atoms with Crippen LogP contribution in [0.3, 0.4) is 0 Å². The molecule has 5 heteroatoms. The molecule has 1 atom stereocenters. The minimum absolute atomic E-state index is 0.00365. The fourth-order valence-corrected chi connectivity index (χ4v) is 2.75. The number of aliphatic hydroxyl groups is 1. The smallest absolute Gasteiger partial charge is 0.322 e. The Morgan fingerprint density at radius 2 is 1.91 bits per heavy atom. The highest BCUT2D eigenvalue weighted by Crippen LogP contribution is 2.29. The highest BCUT2D eigenvalue weighted by molar-refractivity contribution is 6.31. The maximum Gasteiger partial charge on any atom is 0.322 e. The lowest BCUT2D eigenvalue weighted by atomic mass is 10.0. The van der Waals surface area contributed by atoms with Crippen LogP contribution in [-0.4, -0.2) is 34.7 Å². The average Bonchev–Trinajstić information content (AvgIpc) is 2.44. The normalized spacial score (nSPS) is 12.4. The van der Waals surface area contributed by atoms with Gasteiger partial charge in [0.25, 0.3) is 0 Å². The monoisotopic (exact) mass is 326 g/mol. The zero-order valence-corrected chi connectivity index (χ0v) is 14.9. The van der Waals surface area contributed by atoms with Crippen LogP contribution in [0.25, 0.3) is 0 Å². The second-order valence-corrected chi connectivity index (χ2v) is 6.20. The molecule has 0 aliphatic heterocycles. The highest BCUT2D eigenvalue weighted by Gasteiger charge is 2.21. The number of amides is 2. The van der Waals surface area contributed by atoms with Crippen molar-refractivity contribution in [1.82, 2.24) is 4.90 Å². The molecule has 0 radical (unpaired) electrons. The molecule has 0 saturated heterocycles. The van der Waals surface area contributed by atoms with Crippen LogP contribution in [0.15, 0.2) is 12.1 Å². The maximum absolute atomic E-state index is 12.6. The van der Waals surface area contributed by atoms with Crippen molar-refractivity contribution < 1.29 is 9.90 Å². The summed E-state index contributed by atoms with van der Waals surface area (Å²) in [6, 6.07) is 3.63. The number of aryl methyl sites for hydroxylation is 1. The lowest BCUT2D eigenvalue weighted by Gasteiger charge is -2.29. The molecule has 0 spiro atoms. The van der Waals surface area contributed by atoms with E-state index in [9.17, 15) is 9.90 Å². The molecule has 2 amide bonds. The second-order valence-electron chi connectivity index (χ2n) is 5.79. The van der Waals surface area contributed by atoms with Crippen LogP contribution in [0.5, 0.6) is 0 Å². The van der Waals surface area contributed by atoms with Gasteiger partial charge in [-0.15, -0.1) is 0 Å². The Balaban J connectivity index is 3.11. The van der Waals surface area contributed by atoms with Gasteiger partial charge in [0, 0.05) is 17.6 Å². The topological polar surface area (TPSA) is 52.6 Å².